The molecule has 280 valence electrons. The summed E-state index contributed by atoms with van der Waals surface area (Å²) in [5.41, 5.74) is 14.0. The molecule has 8 aromatic carbocycles. The van der Waals surface area contributed by atoms with Gasteiger partial charge in [-0.2, -0.15) is 5.26 Å². The first kappa shape index (κ1) is 35.9. The Kier molecular flexibility index (Phi) is 9.06. The van der Waals surface area contributed by atoms with Gasteiger partial charge in [-0.15, -0.1) is 0 Å². The number of nitriles is 1. The summed E-state index contributed by atoms with van der Waals surface area (Å²) in [6.07, 6.45) is 0. The highest BCUT2D eigenvalue weighted by molar-refractivity contribution is 6.12. The number of aromatic nitrogens is 4. The Morgan fingerprint density at radius 1 is 0.467 bits per heavy atom. The van der Waals surface area contributed by atoms with E-state index in [1.54, 1.807) is 0 Å². The van der Waals surface area contributed by atoms with Crippen LogP contribution in [0.3, 0.4) is 0 Å². The van der Waals surface area contributed by atoms with Gasteiger partial charge in [-0.05, 0) is 77.2 Å². The van der Waals surface area contributed by atoms with Crippen LogP contribution in [0.4, 0.5) is 5.69 Å². The molecule has 0 saturated heterocycles. The predicted molar refractivity (Wildman–Crippen MR) is 242 cm³/mol. The Balaban J connectivity index is 1.32. The van der Waals surface area contributed by atoms with Gasteiger partial charge in [0.2, 0.25) is 0 Å². The summed E-state index contributed by atoms with van der Waals surface area (Å²) in [7, 11) is 0. The third kappa shape index (κ3) is 6.45. The molecule has 0 saturated carbocycles. The zero-order chi connectivity index (χ0) is 40.6. The van der Waals surface area contributed by atoms with Gasteiger partial charge >= 0.3 is 0 Å². The van der Waals surface area contributed by atoms with Crippen molar-refractivity contribution in [2.24, 2.45) is 0 Å². The number of nitrogens with zero attached hydrogens (tertiary/aromatic N) is 6. The molecule has 0 atom stereocenters. The standard InChI is InChI=1S/C54H34N6/c1-35-13-9-10-18-44(35)41-27-30-50-48(31-41)45-19-11-12-20-49(45)60(50)51-46(37-23-21-36(34-55)22-24-37)32-42(33-47(51)38-25-28-43(56-2)29-26-38)54-58-52(39-14-5-3-6-15-39)57-53(59-54)40-16-7-4-8-17-40/h3-33H,1H3. The number of fused-ring (bicyclic) bond motifs is 3. The number of hydrogen-bond donors (Lipinski definition) is 0. The highest BCUT2D eigenvalue weighted by atomic mass is 15.0. The molecule has 10 aromatic rings. The molecular weight excluding hydrogens is 733 g/mol. The number of hydrogen-bond acceptors (Lipinski definition) is 4. The monoisotopic (exact) mass is 766 g/mol. The van der Waals surface area contributed by atoms with E-state index in [2.05, 4.69) is 101 Å². The van der Waals surface area contributed by atoms with Gasteiger partial charge in [0, 0.05) is 38.6 Å². The summed E-state index contributed by atoms with van der Waals surface area (Å²) in [6.45, 7) is 9.88. The Morgan fingerprint density at radius 2 is 0.983 bits per heavy atom. The topological polar surface area (TPSA) is 71.8 Å². The third-order valence-corrected chi connectivity index (χ3v) is 11.1. The summed E-state index contributed by atoms with van der Waals surface area (Å²) in [5.74, 6) is 1.66. The second-order valence-electron chi connectivity index (χ2n) is 14.7. The summed E-state index contributed by atoms with van der Waals surface area (Å²) in [4.78, 5) is 19.0. The van der Waals surface area contributed by atoms with E-state index in [-0.39, 0.29) is 0 Å². The maximum Gasteiger partial charge on any atom is 0.187 e. The minimum atomic E-state index is 0.522. The first-order chi connectivity index (χ1) is 29.6. The number of rotatable bonds is 7. The molecule has 0 amide bonds. The van der Waals surface area contributed by atoms with Gasteiger partial charge in [0.05, 0.1) is 34.9 Å². The maximum atomic E-state index is 9.83. The first-order valence-electron chi connectivity index (χ1n) is 19.7. The molecular formula is C54H34N6. The minimum absolute atomic E-state index is 0.522. The molecule has 6 nitrogen and oxygen atoms in total. The number of para-hydroxylation sites is 1. The normalized spacial score (nSPS) is 11.1. The smallest absolute Gasteiger partial charge is 0.187 e. The lowest BCUT2D eigenvalue weighted by Crippen LogP contribution is -2.04. The van der Waals surface area contributed by atoms with Crippen LogP contribution in [0.25, 0.3) is 99.9 Å². The number of aryl methyl sites for hydroxylation is 1. The molecule has 6 heteroatoms. The average Bonchev–Trinajstić information content (AvgIpc) is 3.65. The van der Waals surface area contributed by atoms with Crippen LogP contribution >= 0.6 is 0 Å². The van der Waals surface area contributed by atoms with Crippen LogP contribution in [0.5, 0.6) is 0 Å². The lowest BCUT2D eigenvalue weighted by molar-refractivity contribution is 1.07. The van der Waals surface area contributed by atoms with Gasteiger partial charge < -0.3 is 4.57 Å². The van der Waals surface area contributed by atoms with Crippen molar-refractivity contribution < 1.29 is 0 Å². The third-order valence-electron chi connectivity index (χ3n) is 11.1. The second kappa shape index (κ2) is 15.1. The molecule has 0 fully saturated rings. The SMILES string of the molecule is [C-]#[N+]c1ccc(-c2cc(-c3nc(-c4ccccc4)nc(-c4ccccc4)n3)cc(-c3ccc(C#N)cc3)c2-n2c3ccccc3c3cc(-c4ccccc4C)ccc32)cc1. The van der Waals surface area contributed by atoms with Gasteiger partial charge in [0.1, 0.15) is 0 Å². The quantitative estimate of drug-likeness (QED) is 0.151. The predicted octanol–water partition coefficient (Wildman–Crippen LogP) is 13.7. The fraction of sp³-hybridized carbons (Fsp3) is 0.0185. The molecule has 0 bridgehead atoms. The minimum Gasteiger partial charge on any atom is -0.308 e. The van der Waals surface area contributed by atoms with Crippen LogP contribution in [-0.4, -0.2) is 19.5 Å². The van der Waals surface area contributed by atoms with Gasteiger partial charge in [-0.3, -0.25) is 0 Å². The summed E-state index contributed by atoms with van der Waals surface area (Å²) < 4.78 is 2.36. The van der Waals surface area contributed by atoms with Crippen LogP contribution in [0.15, 0.2) is 188 Å². The summed E-state index contributed by atoms with van der Waals surface area (Å²) >= 11 is 0. The van der Waals surface area contributed by atoms with Crippen molar-refractivity contribution in [2.45, 2.75) is 6.92 Å². The fourth-order valence-electron chi connectivity index (χ4n) is 8.10. The van der Waals surface area contributed by atoms with Gasteiger partial charge in [-0.25, -0.2) is 19.8 Å². The molecule has 0 aliphatic rings. The Labute approximate surface area is 347 Å². The van der Waals surface area contributed by atoms with Crippen LogP contribution in [0.1, 0.15) is 11.1 Å². The lowest BCUT2D eigenvalue weighted by atomic mass is 9.92. The van der Waals surface area contributed by atoms with Crippen LogP contribution in [0.2, 0.25) is 0 Å². The first-order valence-corrected chi connectivity index (χ1v) is 19.7. The van der Waals surface area contributed by atoms with E-state index in [0.717, 1.165) is 72.0 Å². The molecule has 0 unspecified atom stereocenters. The Bertz CT molecular complexity index is 3180. The molecule has 2 aromatic heterocycles. The van der Waals surface area contributed by atoms with Gasteiger partial charge in [0.25, 0.3) is 0 Å². The van der Waals surface area contributed by atoms with E-state index >= 15 is 0 Å². The molecule has 60 heavy (non-hydrogen) atoms. The van der Waals surface area contributed by atoms with E-state index in [1.807, 2.05) is 109 Å². The van der Waals surface area contributed by atoms with Crippen molar-refractivity contribution >= 4 is 27.5 Å². The Morgan fingerprint density at radius 3 is 1.58 bits per heavy atom. The van der Waals surface area contributed by atoms with Gasteiger partial charge in [-0.1, -0.05) is 146 Å². The lowest BCUT2D eigenvalue weighted by Gasteiger charge is -2.21. The molecule has 10 rings (SSSR count). The zero-order valence-electron chi connectivity index (χ0n) is 32.6. The van der Waals surface area contributed by atoms with Crippen molar-refractivity contribution in [3.05, 3.63) is 211 Å². The van der Waals surface area contributed by atoms with E-state index in [0.29, 0.717) is 28.7 Å². The van der Waals surface area contributed by atoms with Crippen LogP contribution < -0.4 is 0 Å². The molecule has 0 radical (unpaired) electrons. The highest BCUT2D eigenvalue weighted by Crippen LogP contribution is 2.45. The van der Waals surface area contributed by atoms with Crippen molar-refractivity contribution in [3.8, 4) is 79.3 Å². The fourth-order valence-corrected chi connectivity index (χ4v) is 8.10. The van der Waals surface area contributed by atoms with Gasteiger partial charge in [0.15, 0.2) is 23.2 Å². The zero-order valence-corrected chi connectivity index (χ0v) is 32.6. The number of benzene rings is 8. The second-order valence-corrected chi connectivity index (χ2v) is 14.7. The van der Waals surface area contributed by atoms with Crippen LogP contribution in [0, 0.1) is 24.8 Å². The Hall–Kier alpha value is -8.45. The maximum absolute atomic E-state index is 9.83. The van der Waals surface area contributed by atoms with Crippen molar-refractivity contribution in [1.29, 1.82) is 5.26 Å². The molecule has 2 heterocycles. The summed E-state index contributed by atoms with van der Waals surface area (Å²) in [5, 5.41) is 12.1. The van der Waals surface area contributed by atoms with E-state index < -0.39 is 0 Å². The van der Waals surface area contributed by atoms with Crippen LogP contribution in [-0.2, 0) is 0 Å². The molecule has 0 N–H and O–H groups in total. The van der Waals surface area contributed by atoms with Crippen molar-refractivity contribution in [3.63, 3.8) is 0 Å². The van der Waals surface area contributed by atoms with Crippen molar-refractivity contribution in [1.82, 2.24) is 19.5 Å². The molecule has 0 spiro atoms. The van der Waals surface area contributed by atoms with E-state index in [9.17, 15) is 5.26 Å². The summed E-state index contributed by atoms with van der Waals surface area (Å²) in [6, 6.07) is 65.8. The molecule has 0 aliphatic heterocycles. The average molecular weight is 767 g/mol. The van der Waals surface area contributed by atoms with E-state index in [4.69, 9.17) is 21.5 Å². The van der Waals surface area contributed by atoms with Crippen molar-refractivity contribution in [2.75, 3.05) is 0 Å². The molecule has 0 aliphatic carbocycles. The highest BCUT2D eigenvalue weighted by Gasteiger charge is 2.23. The van der Waals surface area contributed by atoms with E-state index in [1.165, 1.54) is 11.1 Å². The largest absolute Gasteiger partial charge is 0.308 e.